The highest BCUT2D eigenvalue weighted by molar-refractivity contribution is 7.99. The van der Waals surface area contributed by atoms with Crippen LogP contribution in [-0.4, -0.2) is 26.0 Å². The van der Waals surface area contributed by atoms with Crippen molar-refractivity contribution in [3.05, 3.63) is 17.7 Å². The summed E-state index contributed by atoms with van der Waals surface area (Å²) in [5.74, 6) is 2.79. The highest BCUT2D eigenvalue weighted by atomic mass is 32.2. The molecule has 0 aromatic heterocycles. The smallest absolute Gasteiger partial charge is 0.135 e. The van der Waals surface area contributed by atoms with E-state index in [9.17, 15) is 0 Å². The fraction of sp³-hybridized carbons (Fsp3) is 0.538. The summed E-state index contributed by atoms with van der Waals surface area (Å²) in [7, 11) is 3.38. The number of rotatable bonds is 6. The van der Waals surface area contributed by atoms with E-state index in [2.05, 4.69) is 6.92 Å². The van der Waals surface area contributed by atoms with Crippen LogP contribution in [-0.2, 0) is 6.42 Å². The number of hydrogen-bond donors (Lipinski definition) is 1. The number of benzene rings is 1. The topological polar surface area (TPSA) is 44.5 Å². The lowest BCUT2D eigenvalue weighted by atomic mass is 10.1. The molecule has 0 aliphatic rings. The molecule has 0 amide bonds. The van der Waals surface area contributed by atoms with E-state index in [-0.39, 0.29) is 6.04 Å². The lowest BCUT2D eigenvalue weighted by molar-refractivity contribution is 0.388. The van der Waals surface area contributed by atoms with E-state index < -0.39 is 0 Å². The van der Waals surface area contributed by atoms with Gasteiger partial charge in [-0.1, -0.05) is 6.92 Å². The lowest BCUT2D eigenvalue weighted by Crippen LogP contribution is -2.18. The molecule has 1 aromatic carbocycles. The standard InChI is InChI=1S/C13H21NO2S/c1-5-17-12-8-11(15-3)7-10(6-9(2)14)13(12)16-4/h7-9H,5-6,14H2,1-4H3. The Morgan fingerprint density at radius 3 is 2.47 bits per heavy atom. The Bertz CT molecular complexity index is 367. The molecule has 0 aliphatic carbocycles. The average Bonchev–Trinajstić information content (AvgIpc) is 2.28. The molecule has 1 unspecified atom stereocenters. The zero-order valence-electron chi connectivity index (χ0n) is 10.9. The molecule has 0 heterocycles. The predicted octanol–water partition coefficient (Wildman–Crippen LogP) is 2.71. The molecule has 96 valence electrons. The van der Waals surface area contributed by atoms with E-state index in [4.69, 9.17) is 15.2 Å². The van der Waals surface area contributed by atoms with Crippen LogP contribution < -0.4 is 15.2 Å². The molecule has 0 saturated heterocycles. The third-order valence-corrected chi connectivity index (χ3v) is 3.29. The largest absolute Gasteiger partial charge is 0.497 e. The second kappa shape index (κ2) is 6.77. The first kappa shape index (κ1) is 14.2. The molecule has 4 heteroatoms. The Hall–Kier alpha value is -0.870. The van der Waals surface area contributed by atoms with Crippen molar-refractivity contribution in [2.45, 2.75) is 31.2 Å². The van der Waals surface area contributed by atoms with Crippen LogP contribution in [0.4, 0.5) is 0 Å². The summed E-state index contributed by atoms with van der Waals surface area (Å²) in [4.78, 5) is 1.12. The zero-order chi connectivity index (χ0) is 12.8. The third-order valence-electron chi connectivity index (χ3n) is 2.39. The second-order valence-corrected chi connectivity index (χ2v) is 5.24. The number of hydrogen-bond acceptors (Lipinski definition) is 4. The van der Waals surface area contributed by atoms with Crippen molar-refractivity contribution < 1.29 is 9.47 Å². The molecule has 1 rings (SSSR count). The molecule has 0 fully saturated rings. The van der Waals surface area contributed by atoms with Gasteiger partial charge in [-0.2, -0.15) is 0 Å². The SMILES string of the molecule is CCSc1cc(OC)cc(CC(C)N)c1OC. The molecule has 0 spiro atoms. The number of thioether (sulfide) groups is 1. The second-order valence-electron chi connectivity index (χ2n) is 3.93. The van der Waals surface area contributed by atoms with Gasteiger partial charge in [0.2, 0.25) is 0 Å². The fourth-order valence-corrected chi connectivity index (χ4v) is 2.60. The quantitative estimate of drug-likeness (QED) is 0.794. The highest BCUT2D eigenvalue weighted by Crippen LogP contribution is 2.36. The van der Waals surface area contributed by atoms with Gasteiger partial charge in [0.15, 0.2) is 0 Å². The Balaban J connectivity index is 3.18. The van der Waals surface area contributed by atoms with Gasteiger partial charge in [0, 0.05) is 11.6 Å². The van der Waals surface area contributed by atoms with Crippen molar-refractivity contribution in [3.8, 4) is 11.5 Å². The van der Waals surface area contributed by atoms with Crippen molar-refractivity contribution >= 4 is 11.8 Å². The summed E-state index contributed by atoms with van der Waals surface area (Å²) in [6.07, 6.45) is 0.789. The number of methoxy groups -OCH3 is 2. The van der Waals surface area contributed by atoms with Crippen LogP contribution in [0.1, 0.15) is 19.4 Å². The van der Waals surface area contributed by atoms with Crippen LogP contribution in [0.3, 0.4) is 0 Å². The van der Waals surface area contributed by atoms with E-state index in [1.54, 1.807) is 26.0 Å². The summed E-state index contributed by atoms with van der Waals surface area (Å²) in [5.41, 5.74) is 6.97. The van der Waals surface area contributed by atoms with Crippen LogP contribution >= 0.6 is 11.8 Å². The average molecular weight is 255 g/mol. The van der Waals surface area contributed by atoms with Gasteiger partial charge in [-0.05, 0) is 31.2 Å². The molecule has 0 radical (unpaired) electrons. The Morgan fingerprint density at radius 1 is 1.29 bits per heavy atom. The van der Waals surface area contributed by atoms with Crippen LogP contribution in [0.15, 0.2) is 17.0 Å². The maximum absolute atomic E-state index is 5.86. The van der Waals surface area contributed by atoms with Gasteiger partial charge >= 0.3 is 0 Å². The lowest BCUT2D eigenvalue weighted by Gasteiger charge is -2.16. The van der Waals surface area contributed by atoms with Crippen LogP contribution in [0.2, 0.25) is 0 Å². The van der Waals surface area contributed by atoms with E-state index in [0.29, 0.717) is 0 Å². The maximum Gasteiger partial charge on any atom is 0.135 e. The van der Waals surface area contributed by atoms with Gasteiger partial charge in [-0.15, -0.1) is 11.8 Å². The summed E-state index contributed by atoms with van der Waals surface area (Å²) in [6, 6.07) is 4.12. The van der Waals surface area contributed by atoms with Crippen molar-refractivity contribution in [1.82, 2.24) is 0 Å². The van der Waals surface area contributed by atoms with Gasteiger partial charge in [0.25, 0.3) is 0 Å². The van der Waals surface area contributed by atoms with Crippen molar-refractivity contribution in [2.24, 2.45) is 5.73 Å². The minimum absolute atomic E-state index is 0.107. The summed E-state index contributed by atoms with van der Waals surface area (Å²) in [6.45, 7) is 4.11. The zero-order valence-corrected chi connectivity index (χ0v) is 11.8. The third kappa shape index (κ3) is 3.82. The minimum atomic E-state index is 0.107. The monoisotopic (exact) mass is 255 g/mol. The molecule has 1 aromatic rings. The number of nitrogens with two attached hydrogens (primary N) is 1. The summed E-state index contributed by atoms with van der Waals surface area (Å²) in [5, 5.41) is 0. The van der Waals surface area contributed by atoms with Crippen molar-refractivity contribution in [3.63, 3.8) is 0 Å². The molecule has 0 saturated carbocycles. The normalized spacial score (nSPS) is 12.3. The first-order chi connectivity index (χ1) is 8.12. The molecule has 0 aliphatic heterocycles. The first-order valence-electron chi connectivity index (χ1n) is 5.75. The Kier molecular flexibility index (Phi) is 5.65. The maximum atomic E-state index is 5.86. The first-order valence-corrected chi connectivity index (χ1v) is 6.74. The molecular weight excluding hydrogens is 234 g/mol. The molecule has 2 N–H and O–H groups in total. The molecule has 1 atom stereocenters. The summed E-state index contributed by atoms with van der Waals surface area (Å²) >= 11 is 1.75. The van der Waals surface area contributed by atoms with Crippen LogP contribution in [0.25, 0.3) is 0 Å². The predicted molar refractivity (Wildman–Crippen MR) is 73.3 cm³/mol. The Labute approximate surface area is 108 Å². The van der Waals surface area contributed by atoms with Gasteiger partial charge < -0.3 is 15.2 Å². The summed E-state index contributed by atoms with van der Waals surface area (Å²) < 4.78 is 10.8. The van der Waals surface area contributed by atoms with Crippen molar-refractivity contribution in [1.29, 1.82) is 0 Å². The number of ether oxygens (including phenoxy) is 2. The fourth-order valence-electron chi connectivity index (χ4n) is 1.74. The molecular formula is C13H21NO2S. The van der Waals surface area contributed by atoms with Gasteiger partial charge in [-0.3, -0.25) is 0 Å². The van der Waals surface area contributed by atoms with E-state index in [1.807, 2.05) is 19.1 Å². The Morgan fingerprint density at radius 2 is 2.00 bits per heavy atom. The van der Waals surface area contributed by atoms with Crippen LogP contribution in [0, 0.1) is 0 Å². The minimum Gasteiger partial charge on any atom is -0.497 e. The van der Waals surface area contributed by atoms with Gasteiger partial charge in [-0.25, -0.2) is 0 Å². The molecule has 3 nitrogen and oxygen atoms in total. The van der Waals surface area contributed by atoms with E-state index in [1.165, 1.54) is 0 Å². The van der Waals surface area contributed by atoms with Crippen molar-refractivity contribution in [2.75, 3.05) is 20.0 Å². The van der Waals surface area contributed by atoms with Gasteiger partial charge in [0.05, 0.1) is 19.1 Å². The van der Waals surface area contributed by atoms with Gasteiger partial charge in [0.1, 0.15) is 11.5 Å². The van der Waals surface area contributed by atoms with E-state index in [0.717, 1.165) is 34.1 Å². The van der Waals surface area contributed by atoms with Crippen LogP contribution in [0.5, 0.6) is 11.5 Å². The molecule has 17 heavy (non-hydrogen) atoms. The molecule has 0 bridgehead atoms. The van der Waals surface area contributed by atoms with E-state index >= 15 is 0 Å². The highest BCUT2D eigenvalue weighted by Gasteiger charge is 2.13.